The molecule has 0 unspecified atom stereocenters. The van der Waals surface area contributed by atoms with Crippen LogP contribution >= 0.6 is 0 Å². The van der Waals surface area contributed by atoms with Crippen molar-refractivity contribution in [2.45, 2.75) is 184 Å². The number of likely N-dealkylation sites (tertiary alicyclic amines) is 1. The van der Waals surface area contributed by atoms with Crippen LogP contribution < -0.4 is 28.4 Å². The molecule has 7 heterocycles. The molecule has 125 heavy (non-hydrogen) atoms. The summed E-state index contributed by atoms with van der Waals surface area (Å²) in [6, 6.07) is 21.2. The van der Waals surface area contributed by atoms with E-state index in [1.54, 1.807) is 0 Å². The Morgan fingerprint density at radius 1 is 0.416 bits per heavy atom. The number of benzene rings is 7. The number of halogens is 15. The molecule has 7 aromatic carbocycles. The highest BCUT2D eigenvalue weighted by Gasteiger charge is 2.68. The maximum Gasteiger partial charge on any atom is 0.416 e. The smallest absolute Gasteiger partial charge is 0.416 e. The van der Waals surface area contributed by atoms with Crippen LogP contribution in [0.1, 0.15) is 135 Å². The van der Waals surface area contributed by atoms with Gasteiger partial charge in [-0.15, -0.1) is 0 Å². The number of nitrogens with one attached hydrogen (secondary N) is 3. The lowest BCUT2D eigenvalue weighted by molar-refractivity contribution is -0.138. The van der Waals surface area contributed by atoms with Gasteiger partial charge in [-0.3, -0.25) is 0 Å². The van der Waals surface area contributed by atoms with Crippen LogP contribution in [0.25, 0.3) is 0 Å². The van der Waals surface area contributed by atoms with E-state index in [0.29, 0.717) is 68.6 Å². The lowest BCUT2D eigenvalue weighted by atomic mass is 9.64. The zero-order valence-corrected chi connectivity index (χ0v) is 71.5. The zero-order chi connectivity index (χ0) is 90.0. The van der Waals surface area contributed by atoms with E-state index in [0.717, 1.165) is 111 Å². The van der Waals surface area contributed by atoms with Gasteiger partial charge in [0.05, 0.1) is 90.2 Å². The molecule has 20 nitrogen and oxygen atoms in total. The molecule has 0 bridgehead atoms. The van der Waals surface area contributed by atoms with Crippen molar-refractivity contribution in [3.63, 3.8) is 0 Å². The first-order valence-corrected chi connectivity index (χ1v) is 49.7. The summed E-state index contributed by atoms with van der Waals surface area (Å²) in [5.74, 6) is -12.6. The van der Waals surface area contributed by atoms with E-state index in [1.807, 2.05) is 30.3 Å². The first kappa shape index (κ1) is 92.1. The van der Waals surface area contributed by atoms with Crippen LogP contribution in [-0.2, 0) is 104 Å². The Labute approximate surface area is 713 Å². The van der Waals surface area contributed by atoms with E-state index < -0.39 is 262 Å². The van der Waals surface area contributed by atoms with Gasteiger partial charge in [0.2, 0.25) is 30.1 Å². The largest absolute Gasteiger partial charge is 0.490 e. The number of aryl methyl sites for hydroxylation is 1. The average molecular weight is 1890 g/mol. The van der Waals surface area contributed by atoms with E-state index in [4.69, 9.17) is 18.9 Å². The Balaban J connectivity index is 0.000000145. The number of piperidine rings is 1. The van der Waals surface area contributed by atoms with Crippen LogP contribution in [0.4, 0.5) is 65.9 Å². The predicted molar refractivity (Wildman–Crippen MR) is 424 cm³/mol. The summed E-state index contributed by atoms with van der Waals surface area (Å²) in [6.07, 6.45) is -9.91. The first-order valence-electron chi connectivity index (χ1n) is 40.6. The molecule has 15 atom stereocenters. The maximum atomic E-state index is 15.7. The van der Waals surface area contributed by atoms with Gasteiger partial charge in [-0.2, -0.15) is 39.5 Å². The molecule has 10 aliphatic rings. The Morgan fingerprint density at radius 3 is 1.06 bits per heavy atom. The van der Waals surface area contributed by atoms with E-state index in [1.165, 1.54) is 7.11 Å². The van der Waals surface area contributed by atoms with Gasteiger partial charge in [0, 0.05) is 43.0 Å². The molecule has 4 saturated heterocycles. The van der Waals surface area contributed by atoms with Crippen LogP contribution in [-0.4, -0.2) is 142 Å². The summed E-state index contributed by atoms with van der Waals surface area (Å²) in [4.78, 5) is 0.791. The van der Waals surface area contributed by atoms with Crippen LogP contribution in [0.5, 0.6) is 17.2 Å². The van der Waals surface area contributed by atoms with Crippen molar-refractivity contribution < 1.29 is 135 Å². The Kier molecular flexibility index (Phi) is 25.1. The Hall–Kier alpha value is -7.61. The van der Waals surface area contributed by atoms with Crippen LogP contribution in [0.3, 0.4) is 0 Å². The third-order valence-electron chi connectivity index (χ3n) is 27.2. The lowest BCUT2D eigenvalue weighted by Gasteiger charge is -2.55. The molecule has 0 amide bonds. The quantitative estimate of drug-likeness (QED) is 0.0804. The summed E-state index contributed by atoms with van der Waals surface area (Å²) < 4.78 is 400. The molecule has 680 valence electrons. The summed E-state index contributed by atoms with van der Waals surface area (Å²) in [5, 5.41) is -2.73. The topological polar surface area (TPSA) is 281 Å². The maximum absolute atomic E-state index is 15.7. The van der Waals surface area contributed by atoms with Gasteiger partial charge in [-0.1, -0.05) is 36.8 Å². The molecule has 7 fully saturated rings. The first-order chi connectivity index (χ1) is 58.7. The van der Waals surface area contributed by atoms with Crippen LogP contribution in [0.15, 0.2) is 154 Å². The van der Waals surface area contributed by atoms with Crippen molar-refractivity contribution in [1.29, 1.82) is 0 Å². The molecule has 7 aromatic rings. The van der Waals surface area contributed by atoms with Gasteiger partial charge < -0.3 is 23.8 Å². The number of sulfonamides is 3. The van der Waals surface area contributed by atoms with Crippen molar-refractivity contribution >= 4 is 59.6 Å². The number of hydrogen-bond acceptors (Lipinski definition) is 17. The summed E-state index contributed by atoms with van der Waals surface area (Å²) in [5.41, 5.74) is -3.64. The van der Waals surface area contributed by atoms with E-state index in [9.17, 15) is 94.4 Å². The van der Waals surface area contributed by atoms with Crippen molar-refractivity contribution in [1.82, 2.24) is 19.1 Å². The number of alkyl halides is 9. The van der Waals surface area contributed by atoms with Crippen LogP contribution in [0.2, 0.25) is 0 Å². The fourth-order valence-corrected chi connectivity index (χ4v) is 33.9. The van der Waals surface area contributed by atoms with Gasteiger partial charge in [0.15, 0.2) is 64.2 Å². The highest BCUT2D eigenvalue weighted by atomic mass is 32.2. The second-order valence-electron chi connectivity index (χ2n) is 33.7. The fraction of sp³-hybridized carbons (Fsp3) is 0.500. The minimum Gasteiger partial charge on any atom is -0.490 e. The average Bonchev–Trinajstić information content (AvgIpc) is 0.697. The molecule has 0 aromatic heterocycles. The lowest BCUT2D eigenvalue weighted by Crippen LogP contribution is -2.64. The number of ether oxygens (including phenoxy) is 4. The third-order valence-corrected chi connectivity index (χ3v) is 40.6. The SMILES string of the molecule is COC[C@@H]1C[C@@H]2[C@@H](CC[C@@]3(S(=O)(=O)c4ccc(C(F)(F)F)cc4)c4c(F)ccc(F)c4OC[C@@H]23)NS1(=O)=O.O=S1(=O)N[C@@H]2CC[C@@]3(S(=O)(=O)c4ccc(C(F)(F)F)cc4)c4c(F)ccc(F)c4OC[C@H]3[C@@H]2C[C@H]1CCCc1ccccc1.O=S1(=O)N[C@@H]2CC[C@@]3(S(=O)(=O)c4ccc(C(F)(F)F)cc4)c4c(F)ccc(F)c4OC[C@H]3[C@@H]2C[C@H]1CCN1CCCCC1. The molecular weight excluding hydrogens is 1800 g/mol. The molecule has 3 N–H and O–H groups in total. The highest BCUT2D eigenvalue weighted by Crippen LogP contribution is 2.64. The molecule has 3 aliphatic carbocycles. The monoisotopic (exact) mass is 1880 g/mol. The minimum atomic E-state index is -4.71. The number of nitrogens with zero attached hydrogens (tertiary/aromatic N) is 1. The molecule has 0 spiro atoms. The van der Waals surface area contributed by atoms with Gasteiger partial charge in [0.1, 0.15) is 31.7 Å². The van der Waals surface area contributed by atoms with Gasteiger partial charge in [-0.25, -0.2) is 91.0 Å². The number of hydrogen-bond donors (Lipinski definition) is 3. The Morgan fingerprint density at radius 2 is 0.728 bits per heavy atom. The molecule has 17 rings (SSSR count). The zero-order valence-electron chi connectivity index (χ0n) is 66.6. The van der Waals surface area contributed by atoms with Crippen LogP contribution in [0, 0.1) is 70.4 Å². The van der Waals surface area contributed by atoms with E-state index in [2.05, 4.69) is 19.1 Å². The van der Waals surface area contributed by atoms with Crippen molar-refractivity contribution in [2.24, 2.45) is 35.5 Å². The van der Waals surface area contributed by atoms with Crippen molar-refractivity contribution in [3.8, 4) is 17.2 Å². The second-order valence-corrected chi connectivity index (χ2v) is 46.3. The molecule has 3 saturated carbocycles. The molecule has 41 heteroatoms. The molecule has 0 radical (unpaired) electrons. The number of sulfone groups is 3. The molecular formula is C84H87F15N4O16S6. The summed E-state index contributed by atoms with van der Waals surface area (Å²) >= 11 is 0. The van der Waals surface area contributed by atoms with Gasteiger partial charge in [0.25, 0.3) is 0 Å². The number of fused-ring (bicyclic) bond motifs is 15. The number of methoxy groups -OCH3 is 1. The predicted octanol–water partition coefficient (Wildman–Crippen LogP) is 14.9. The minimum absolute atomic E-state index is 0.00755. The van der Waals surface area contributed by atoms with Gasteiger partial charge in [-0.05, 0) is 248 Å². The fourth-order valence-electron chi connectivity index (χ4n) is 21.3. The second kappa shape index (κ2) is 34.0. The van der Waals surface area contributed by atoms with E-state index >= 15 is 22.0 Å². The Bertz CT molecular complexity index is 5970. The van der Waals surface area contributed by atoms with Crippen molar-refractivity contribution in [3.05, 3.63) is 213 Å². The number of rotatable bonds is 15. The van der Waals surface area contributed by atoms with Gasteiger partial charge >= 0.3 is 18.5 Å². The molecule has 7 aliphatic heterocycles. The summed E-state index contributed by atoms with van der Waals surface area (Å²) in [7, 11) is -24.0. The normalized spacial score (nSPS) is 29.7. The summed E-state index contributed by atoms with van der Waals surface area (Å²) in [6.45, 7) is 1.10. The standard InChI is InChI=1S/C31H30F5NO5S2.C29H33F5N2O5S2.C24H24F5NO6S2/c32-25-13-14-26(33)29-28(25)30(43(38,39)21-11-9-20(10-12-21)31(34,35)36)16-15-27-23(24(30)18-42-29)17-22(44(40,41)37-27)8-4-7-19-5-2-1-3-6-19;30-23-8-9-24(31)27-26(23)28(42(37,38)19-6-4-18(5-7-19)29(32,33)34)12-10-25-21(22(28)17-41-27)16-20(43(39,40)35-25)11-15-36-13-2-1-3-14-36;1-35-11-15-10-16-17-12-36-22-19(26)7-6-18(25)21(22)23(17,9-8-20(16)30-38(15,33)34)37(31,32)14-4-2-13(3-5-14)24(27,28)29/h1-3,5-6,9-14,22-24,27,37H,4,7-8,15-18H2;4-9,20-22,25,35H,1-3,10-17H2;2-7,15-17,20,30H,8-12H2,1H3/t22-,23+,24+,27-,30+;20-,21+,22+,25-,28+;15-,16-,17-,20+,23-/m110/s1. The highest BCUT2D eigenvalue weighted by molar-refractivity contribution is 7.93. The van der Waals surface area contributed by atoms with E-state index in [-0.39, 0.29) is 84.2 Å². The van der Waals surface area contributed by atoms with Crippen molar-refractivity contribution in [2.75, 3.05) is 53.2 Å². The third kappa shape index (κ3) is 16.4.